The van der Waals surface area contributed by atoms with Gasteiger partial charge >= 0.3 is 5.97 Å². The fourth-order valence-corrected chi connectivity index (χ4v) is 0. The van der Waals surface area contributed by atoms with Gasteiger partial charge in [0.25, 0.3) is 0 Å². The van der Waals surface area contributed by atoms with Gasteiger partial charge in [-0.2, -0.15) is 0 Å². The average molecular weight is 283 g/mol. The monoisotopic (exact) mass is 284 g/mol. The molecule has 0 aromatic heterocycles. The van der Waals surface area contributed by atoms with Crippen molar-refractivity contribution in [3.05, 3.63) is 0 Å². The number of carboxylic acids is 1. The summed E-state index contributed by atoms with van der Waals surface area (Å²) in [6.45, 7) is -0.778. The van der Waals surface area contributed by atoms with E-state index < -0.39 is 12.6 Å². The Bertz CT molecular complexity index is 44.1. The van der Waals surface area contributed by atoms with Crippen LogP contribution in [-0.4, -0.2) is 50.1 Å². The first kappa shape index (κ1) is 9.61. The van der Waals surface area contributed by atoms with Gasteiger partial charge in [0, 0.05) is 27.3 Å². The molecule has 0 unspecified atom stereocenters. The second-order valence-electron chi connectivity index (χ2n) is 0.552. The third-order valence-electron chi connectivity index (χ3n) is 0.135. The Morgan fingerprint density at radius 2 is 1.83 bits per heavy atom. The van der Waals surface area contributed by atoms with Crippen molar-refractivity contribution in [2.24, 2.45) is 0 Å². The minimum absolute atomic E-state index is 0. The van der Waals surface area contributed by atoms with Crippen molar-refractivity contribution >= 4 is 33.3 Å². The Kier molecular flexibility index (Phi) is 8.57. The molecule has 0 heterocycles. The number of carbonyl (C=O) groups is 1. The van der Waals surface area contributed by atoms with Crippen LogP contribution in [0.15, 0.2) is 0 Å². The summed E-state index contributed by atoms with van der Waals surface area (Å²) in [4.78, 5) is 9.12. The molecule has 34 valence electrons. The zero-order valence-corrected chi connectivity index (χ0v) is 6.90. The molecule has 0 saturated heterocycles. The van der Waals surface area contributed by atoms with Crippen molar-refractivity contribution < 1.29 is 15.0 Å². The molecule has 0 spiro atoms. The molecule has 0 atom stereocenters. The first-order valence-electron chi connectivity index (χ1n) is 1.10. The van der Waals surface area contributed by atoms with E-state index >= 15 is 0 Å². The van der Waals surface area contributed by atoms with Gasteiger partial charge in [0.1, 0.15) is 6.61 Å². The summed E-state index contributed by atoms with van der Waals surface area (Å²) < 4.78 is 0. The Balaban J connectivity index is 0. The predicted molar refractivity (Wildman–Crippen MR) is 20.5 cm³/mol. The predicted octanol–water partition coefficient (Wildman–Crippen LogP) is -1.32. The van der Waals surface area contributed by atoms with E-state index in [2.05, 4.69) is 0 Å². The molecule has 3 nitrogen and oxygen atoms in total. The van der Waals surface area contributed by atoms with Crippen LogP contribution in [0.25, 0.3) is 0 Å². The van der Waals surface area contributed by atoms with E-state index in [1.165, 1.54) is 0 Å². The molecule has 4 heteroatoms. The fraction of sp³-hybridized carbons (Fsp3) is 0.500. The summed E-state index contributed by atoms with van der Waals surface area (Å²) in [6.07, 6.45) is 0. The van der Waals surface area contributed by atoms with Crippen LogP contribution in [0.3, 0.4) is 0 Å². The van der Waals surface area contributed by atoms with Gasteiger partial charge in [-0.1, -0.05) is 0 Å². The molecule has 0 aromatic carbocycles. The number of aliphatic carboxylic acids is 1. The van der Waals surface area contributed by atoms with E-state index in [1.54, 1.807) is 0 Å². The average Bonchev–Trinajstić information content (AvgIpc) is 1.38. The fourth-order valence-electron chi connectivity index (χ4n) is 0. The maximum absolute atomic E-state index is 9.12. The van der Waals surface area contributed by atoms with E-state index in [4.69, 9.17) is 15.0 Å². The van der Waals surface area contributed by atoms with Crippen LogP contribution in [0.4, 0.5) is 0 Å². The number of aliphatic hydroxyl groups is 1. The van der Waals surface area contributed by atoms with Crippen molar-refractivity contribution in [2.45, 2.75) is 0 Å². The van der Waals surface area contributed by atoms with Crippen LogP contribution >= 0.6 is 0 Å². The van der Waals surface area contributed by atoms with Gasteiger partial charge < -0.3 is 10.2 Å². The maximum Gasteiger partial charge on any atom is 0.329 e. The van der Waals surface area contributed by atoms with Crippen LogP contribution in [0.1, 0.15) is 0 Å². The van der Waals surface area contributed by atoms with Gasteiger partial charge in [-0.25, -0.2) is 4.79 Å². The number of aliphatic hydroxyl groups excluding tert-OH is 1. The van der Waals surface area contributed by atoms with E-state index in [-0.39, 0.29) is 27.3 Å². The SMILES string of the molecule is O=C(O)CO.[Pb]. The van der Waals surface area contributed by atoms with E-state index in [9.17, 15) is 0 Å². The van der Waals surface area contributed by atoms with Crippen LogP contribution in [0.2, 0.25) is 0 Å². The summed E-state index contributed by atoms with van der Waals surface area (Å²) in [7, 11) is 0. The summed E-state index contributed by atoms with van der Waals surface area (Å²) in [5.74, 6) is -1.19. The number of rotatable bonds is 1. The minimum atomic E-state index is -1.19. The van der Waals surface area contributed by atoms with Crippen LogP contribution < -0.4 is 0 Å². The molecular formula is C2H4O3Pb. The standard InChI is InChI=1S/C2H4O3.Pb/c3-1-2(4)5;/h3H,1H2,(H,4,5);. The van der Waals surface area contributed by atoms with Gasteiger partial charge in [0.2, 0.25) is 0 Å². The van der Waals surface area contributed by atoms with Crippen LogP contribution in [0.5, 0.6) is 0 Å². The Morgan fingerprint density at radius 1 is 1.67 bits per heavy atom. The molecular weight excluding hydrogens is 279 g/mol. The molecule has 0 aromatic rings. The normalized spacial score (nSPS) is 6.17. The molecule has 4 radical (unpaired) electrons. The summed E-state index contributed by atoms with van der Waals surface area (Å²) in [5.41, 5.74) is 0. The Hall–Kier alpha value is 0.352. The summed E-state index contributed by atoms with van der Waals surface area (Å²) >= 11 is 0. The third-order valence-corrected chi connectivity index (χ3v) is 0.135. The van der Waals surface area contributed by atoms with Crippen LogP contribution in [0, 0.1) is 0 Å². The van der Waals surface area contributed by atoms with Crippen molar-refractivity contribution in [3.8, 4) is 0 Å². The molecule has 6 heavy (non-hydrogen) atoms. The largest absolute Gasteiger partial charge is 0.480 e. The van der Waals surface area contributed by atoms with Crippen molar-refractivity contribution in [1.82, 2.24) is 0 Å². The van der Waals surface area contributed by atoms with Gasteiger partial charge in [0.15, 0.2) is 0 Å². The van der Waals surface area contributed by atoms with Crippen LogP contribution in [-0.2, 0) is 4.79 Å². The first-order valence-corrected chi connectivity index (χ1v) is 1.10. The van der Waals surface area contributed by atoms with Gasteiger partial charge in [0.05, 0.1) is 0 Å². The van der Waals surface area contributed by atoms with Gasteiger partial charge in [-0.3, -0.25) is 0 Å². The first-order chi connectivity index (χ1) is 2.27. The zero-order chi connectivity index (χ0) is 4.28. The maximum atomic E-state index is 9.12. The number of hydrogen-bond acceptors (Lipinski definition) is 2. The molecule has 0 fully saturated rings. The molecule has 0 aliphatic carbocycles. The second kappa shape index (κ2) is 5.35. The Labute approximate surface area is 55.1 Å². The number of hydrogen-bond donors (Lipinski definition) is 2. The molecule has 0 aliphatic rings. The molecule has 0 amide bonds. The van der Waals surface area contributed by atoms with Crippen molar-refractivity contribution in [3.63, 3.8) is 0 Å². The molecule has 2 N–H and O–H groups in total. The molecule has 0 aliphatic heterocycles. The summed E-state index contributed by atoms with van der Waals surface area (Å²) in [5, 5.41) is 15.0. The zero-order valence-electron chi connectivity index (χ0n) is 3.01. The van der Waals surface area contributed by atoms with E-state index in [0.29, 0.717) is 0 Å². The second-order valence-corrected chi connectivity index (χ2v) is 0.552. The quantitative estimate of drug-likeness (QED) is 0.587. The smallest absolute Gasteiger partial charge is 0.329 e. The van der Waals surface area contributed by atoms with Gasteiger partial charge in [-0.15, -0.1) is 0 Å². The molecule has 0 bridgehead atoms. The molecule has 0 saturated carbocycles. The number of carboxylic acid groups (broad SMARTS) is 1. The molecule has 0 rings (SSSR count). The Morgan fingerprint density at radius 3 is 1.83 bits per heavy atom. The topological polar surface area (TPSA) is 57.5 Å². The third kappa shape index (κ3) is 8.84. The minimum Gasteiger partial charge on any atom is -0.480 e. The van der Waals surface area contributed by atoms with Gasteiger partial charge in [-0.05, 0) is 0 Å². The van der Waals surface area contributed by atoms with Crippen molar-refractivity contribution in [2.75, 3.05) is 6.61 Å². The van der Waals surface area contributed by atoms with E-state index in [1.807, 2.05) is 0 Å². The van der Waals surface area contributed by atoms with E-state index in [0.717, 1.165) is 0 Å². The van der Waals surface area contributed by atoms with Crippen molar-refractivity contribution in [1.29, 1.82) is 0 Å². The summed E-state index contributed by atoms with van der Waals surface area (Å²) in [6, 6.07) is 0.